The van der Waals surface area contributed by atoms with Gasteiger partial charge >= 0.3 is 0 Å². The van der Waals surface area contributed by atoms with E-state index in [4.69, 9.17) is 4.74 Å². The highest BCUT2D eigenvalue weighted by atomic mass is 16.5. The van der Waals surface area contributed by atoms with E-state index in [2.05, 4.69) is 36.7 Å². The van der Waals surface area contributed by atoms with E-state index >= 15 is 0 Å². The molecule has 20 heavy (non-hydrogen) atoms. The second-order valence-electron chi connectivity index (χ2n) is 5.70. The van der Waals surface area contributed by atoms with E-state index in [-0.39, 0.29) is 11.4 Å². The smallest absolute Gasteiger partial charge is 0.221 e. The van der Waals surface area contributed by atoms with Crippen LogP contribution in [0.15, 0.2) is 18.2 Å². The maximum atomic E-state index is 11.1. The molecule has 0 saturated carbocycles. The van der Waals surface area contributed by atoms with Crippen molar-refractivity contribution in [2.24, 2.45) is 0 Å². The van der Waals surface area contributed by atoms with Gasteiger partial charge in [-0.05, 0) is 39.0 Å². The number of amides is 1. The van der Waals surface area contributed by atoms with E-state index in [1.165, 1.54) is 6.92 Å². The number of carbonyl (C=O) groups excluding carboxylic acids is 1. The lowest BCUT2D eigenvalue weighted by atomic mass is 10.1. The topological polar surface area (TPSA) is 62.4 Å². The SMILES string of the molecule is COc1ccc(NC(C)=O)cc1NCCNC(C)(C)C. The van der Waals surface area contributed by atoms with Crippen LogP contribution in [-0.2, 0) is 4.79 Å². The Morgan fingerprint density at radius 1 is 1.25 bits per heavy atom. The molecule has 3 N–H and O–H groups in total. The summed E-state index contributed by atoms with van der Waals surface area (Å²) in [5.74, 6) is 0.672. The molecule has 0 aromatic heterocycles. The van der Waals surface area contributed by atoms with Crippen molar-refractivity contribution in [3.63, 3.8) is 0 Å². The minimum Gasteiger partial charge on any atom is -0.495 e. The largest absolute Gasteiger partial charge is 0.495 e. The number of rotatable bonds is 6. The Kier molecular flexibility index (Phi) is 5.82. The van der Waals surface area contributed by atoms with Crippen molar-refractivity contribution in [3.05, 3.63) is 18.2 Å². The molecule has 0 spiro atoms. The van der Waals surface area contributed by atoms with Gasteiger partial charge in [-0.25, -0.2) is 0 Å². The van der Waals surface area contributed by atoms with Crippen molar-refractivity contribution in [1.29, 1.82) is 0 Å². The van der Waals surface area contributed by atoms with E-state index in [9.17, 15) is 4.79 Å². The maximum Gasteiger partial charge on any atom is 0.221 e. The molecule has 0 aliphatic carbocycles. The molecule has 0 saturated heterocycles. The average molecular weight is 279 g/mol. The fourth-order valence-electron chi connectivity index (χ4n) is 1.76. The highest BCUT2D eigenvalue weighted by molar-refractivity contribution is 5.89. The summed E-state index contributed by atoms with van der Waals surface area (Å²) in [4.78, 5) is 11.1. The van der Waals surface area contributed by atoms with Crippen LogP contribution in [0, 0.1) is 0 Å². The van der Waals surface area contributed by atoms with Crippen molar-refractivity contribution < 1.29 is 9.53 Å². The molecule has 0 fully saturated rings. The Morgan fingerprint density at radius 3 is 2.50 bits per heavy atom. The van der Waals surface area contributed by atoms with E-state index < -0.39 is 0 Å². The standard InChI is InChI=1S/C15H25N3O2/c1-11(19)18-12-6-7-14(20-5)13(10-12)16-8-9-17-15(2,3)4/h6-7,10,16-17H,8-9H2,1-5H3,(H,18,19). The van der Waals surface area contributed by atoms with E-state index in [0.717, 1.165) is 30.2 Å². The molecule has 0 radical (unpaired) electrons. The van der Waals surface area contributed by atoms with Crippen molar-refractivity contribution in [2.45, 2.75) is 33.2 Å². The Labute approximate surface area is 121 Å². The molecule has 1 aromatic rings. The van der Waals surface area contributed by atoms with E-state index in [0.29, 0.717) is 0 Å². The minimum atomic E-state index is -0.0875. The van der Waals surface area contributed by atoms with E-state index in [1.54, 1.807) is 7.11 Å². The lowest BCUT2D eigenvalue weighted by Gasteiger charge is -2.21. The molecule has 1 rings (SSSR count). The monoisotopic (exact) mass is 279 g/mol. The van der Waals surface area contributed by atoms with Gasteiger partial charge in [-0.15, -0.1) is 0 Å². The number of hydrogen-bond acceptors (Lipinski definition) is 4. The van der Waals surface area contributed by atoms with Gasteiger partial charge in [-0.1, -0.05) is 0 Å². The van der Waals surface area contributed by atoms with Gasteiger partial charge in [0.2, 0.25) is 5.91 Å². The van der Waals surface area contributed by atoms with Gasteiger partial charge in [0.15, 0.2) is 0 Å². The second kappa shape index (κ2) is 7.14. The van der Waals surface area contributed by atoms with Crippen LogP contribution in [0.2, 0.25) is 0 Å². The zero-order chi connectivity index (χ0) is 15.2. The highest BCUT2D eigenvalue weighted by Crippen LogP contribution is 2.27. The van der Waals surface area contributed by atoms with Crippen LogP contribution in [-0.4, -0.2) is 31.6 Å². The second-order valence-corrected chi connectivity index (χ2v) is 5.70. The van der Waals surface area contributed by atoms with Crippen LogP contribution in [0.25, 0.3) is 0 Å². The molecule has 0 unspecified atom stereocenters. The van der Waals surface area contributed by atoms with Gasteiger partial charge in [0.05, 0.1) is 12.8 Å². The van der Waals surface area contributed by atoms with Crippen LogP contribution in [0.1, 0.15) is 27.7 Å². The van der Waals surface area contributed by atoms with Gasteiger partial charge in [0, 0.05) is 31.2 Å². The number of carbonyl (C=O) groups is 1. The third-order valence-corrected chi connectivity index (χ3v) is 2.62. The zero-order valence-electron chi connectivity index (χ0n) is 13.0. The van der Waals surface area contributed by atoms with Gasteiger partial charge in [0.25, 0.3) is 0 Å². The van der Waals surface area contributed by atoms with Crippen LogP contribution < -0.4 is 20.7 Å². The fourth-order valence-corrected chi connectivity index (χ4v) is 1.76. The first-order valence-electron chi connectivity index (χ1n) is 6.76. The highest BCUT2D eigenvalue weighted by Gasteiger charge is 2.08. The van der Waals surface area contributed by atoms with Crippen LogP contribution in [0.4, 0.5) is 11.4 Å². The molecular formula is C15H25N3O2. The van der Waals surface area contributed by atoms with Gasteiger partial charge in [0.1, 0.15) is 5.75 Å². The van der Waals surface area contributed by atoms with E-state index in [1.807, 2.05) is 18.2 Å². The molecule has 1 amide bonds. The lowest BCUT2D eigenvalue weighted by Crippen LogP contribution is -2.38. The zero-order valence-corrected chi connectivity index (χ0v) is 13.0. The van der Waals surface area contributed by atoms with Gasteiger partial charge in [-0.3, -0.25) is 4.79 Å². The fraction of sp³-hybridized carbons (Fsp3) is 0.533. The van der Waals surface area contributed by atoms with Crippen molar-refractivity contribution in [1.82, 2.24) is 5.32 Å². The Morgan fingerprint density at radius 2 is 1.95 bits per heavy atom. The molecule has 0 heterocycles. The molecular weight excluding hydrogens is 254 g/mol. The van der Waals surface area contributed by atoms with Crippen LogP contribution >= 0.6 is 0 Å². The van der Waals surface area contributed by atoms with Gasteiger partial charge in [-0.2, -0.15) is 0 Å². The maximum absolute atomic E-state index is 11.1. The van der Waals surface area contributed by atoms with Gasteiger partial charge < -0.3 is 20.7 Å². The first kappa shape index (κ1) is 16.3. The summed E-state index contributed by atoms with van der Waals surface area (Å²) < 4.78 is 5.31. The molecule has 5 nitrogen and oxygen atoms in total. The van der Waals surface area contributed by atoms with Crippen LogP contribution in [0.3, 0.4) is 0 Å². The number of nitrogens with one attached hydrogen (secondary N) is 3. The quantitative estimate of drug-likeness (QED) is 0.700. The third-order valence-electron chi connectivity index (χ3n) is 2.62. The molecule has 1 aromatic carbocycles. The molecule has 5 heteroatoms. The average Bonchev–Trinajstić information content (AvgIpc) is 2.33. The number of ether oxygens (including phenoxy) is 1. The first-order chi connectivity index (χ1) is 9.31. The minimum absolute atomic E-state index is 0.0875. The normalized spacial score (nSPS) is 11.1. The Balaban J connectivity index is 2.64. The molecule has 112 valence electrons. The summed E-state index contributed by atoms with van der Waals surface area (Å²) in [6.07, 6.45) is 0. The summed E-state index contributed by atoms with van der Waals surface area (Å²) in [7, 11) is 1.63. The summed E-state index contributed by atoms with van der Waals surface area (Å²) >= 11 is 0. The molecule has 0 aliphatic heterocycles. The summed E-state index contributed by atoms with van der Waals surface area (Å²) in [6.45, 7) is 9.50. The summed E-state index contributed by atoms with van der Waals surface area (Å²) in [5, 5.41) is 9.48. The summed E-state index contributed by atoms with van der Waals surface area (Å²) in [5.41, 5.74) is 1.73. The van der Waals surface area contributed by atoms with Crippen LogP contribution in [0.5, 0.6) is 5.75 Å². The molecule has 0 aliphatic rings. The predicted octanol–water partition coefficient (Wildman–Crippen LogP) is 2.45. The summed E-state index contributed by atoms with van der Waals surface area (Å²) in [6, 6.07) is 5.53. The third kappa shape index (κ3) is 5.93. The number of hydrogen-bond donors (Lipinski definition) is 3. The number of methoxy groups -OCH3 is 1. The molecule has 0 bridgehead atoms. The first-order valence-corrected chi connectivity index (χ1v) is 6.76. The lowest BCUT2D eigenvalue weighted by molar-refractivity contribution is -0.114. The van der Waals surface area contributed by atoms with Crippen molar-refractivity contribution in [2.75, 3.05) is 30.8 Å². The molecule has 0 atom stereocenters. The predicted molar refractivity (Wildman–Crippen MR) is 83.5 cm³/mol. The Bertz CT molecular complexity index is 453. The van der Waals surface area contributed by atoms with Crippen molar-refractivity contribution >= 4 is 17.3 Å². The number of anilines is 2. The Hall–Kier alpha value is -1.75. The number of benzene rings is 1. The van der Waals surface area contributed by atoms with Crippen molar-refractivity contribution in [3.8, 4) is 5.75 Å².